The number of methoxy groups -OCH3 is 1. The lowest BCUT2D eigenvalue weighted by atomic mass is 10.1. The predicted octanol–water partition coefficient (Wildman–Crippen LogP) is 3.26. The Kier molecular flexibility index (Phi) is 2.46. The molecule has 0 aliphatic rings. The summed E-state index contributed by atoms with van der Waals surface area (Å²) in [5, 5.41) is 0.361. The van der Waals surface area contributed by atoms with Gasteiger partial charge < -0.3 is 4.74 Å². The van der Waals surface area contributed by atoms with Gasteiger partial charge in [-0.1, -0.05) is 6.07 Å². The molecular weight excluding hydrogens is 219 g/mol. The van der Waals surface area contributed by atoms with Crippen LogP contribution in [0.1, 0.15) is 5.56 Å². The number of rotatable bonds is 1. The second-order valence-corrected chi connectivity index (χ2v) is 3.25. The molecule has 2 aromatic rings. The van der Waals surface area contributed by atoms with E-state index in [1.165, 1.54) is 7.11 Å². The van der Waals surface area contributed by atoms with Crippen LogP contribution in [0.4, 0.5) is 13.2 Å². The number of hydrogen-bond donors (Lipinski definition) is 0. The molecule has 2 rings (SSSR count). The third kappa shape index (κ3) is 1.80. The maximum Gasteiger partial charge on any atom is 0.417 e. The Morgan fingerprint density at radius 3 is 2.62 bits per heavy atom. The fourth-order valence-corrected chi connectivity index (χ4v) is 1.45. The smallest absolute Gasteiger partial charge is 0.417 e. The number of pyridine rings is 1. The molecule has 1 aromatic carbocycles. The van der Waals surface area contributed by atoms with E-state index in [0.29, 0.717) is 16.7 Å². The number of aromatic nitrogens is 1. The van der Waals surface area contributed by atoms with Gasteiger partial charge in [-0.05, 0) is 18.2 Å². The van der Waals surface area contributed by atoms with Gasteiger partial charge in [-0.2, -0.15) is 13.2 Å². The van der Waals surface area contributed by atoms with Crippen LogP contribution in [0.5, 0.6) is 5.75 Å². The van der Waals surface area contributed by atoms with Crippen LogP contribution < -0.4 is 4.74 Å². The fraction of sp³-hybridized carbons (Fsp3) is 0.182. The van der Waals surface area contributed by atoms with E-state index in [0.717, 1.165) is 12.3 Å². The summed E-state index contributed by atoms with van der Waals surface area (Å²) < 4.78 is 42.4. The highest BCUT2D eigenvalue weighted by atomic mass is 19.4. The van der Waals surface area contributed by atoms with Crippen molar-refractivity contribution in [1.29, 1.82) is 0 Å². The minimum Gasteiger partial charge on any atom is -0.496 e. The zero-order valence-electron chi connectivity index (χ0n) is 8.38. The van der Waals surface area contributed by atoms with Crippen LogP contribution in [0, 0.1) is 0 Å². The summed E-state index contributed by atoms with van der Waals surface area (Å²) in [6.45, 7) is 0. The van der Waals surface area contributed by atoms with E-state index >= 15 is 0 Å². The fourth-order valence-electron chi connectivity index (χ4n) is 1.45. The van der Waals surface area contributed by atoms with E-state index in [9.17, 15) is 13.2 Å². The second kappa shape index (κ2) is 3.66. The Morgan fingerprint density at radius 2 is 2.00 bits per heavy atom. The molecule has 0 N–H and O–H groups in total. The Bertz CT molecular complexity index is 522. The normalized spacial score (nSPS) is 11.8. The quantitative estimate of drug-likeness (QED) is 0.745. The monoisotopic (exact) mass is 227 g/mol. The van der Waals surface area contributed by atoms with Crippen molar-refractivity contribution in [2.45, 2.75) is 6.18 Å². The van der Waals surface area contributed by atoms with E-state index in [4.69, 9.17) is 4.74 Å². The first-order chi connectivity index (χ1) is 7.52. The highest BCUT2D eigenvalue weighted by Crippen LogP contribution is 2.32. The van der Waals surface area contributed by atoms with Gasteiger partial charge in [0.25, 0.3) is 0 Å². The summed E-state index contributed by atoms with van der Waals surface area (Å²) in [5.74, 6) is 0.385. The zero-order valence-corrected chi connectivity index (χ0v) is 8.38. The molecule has 0 fully saturated rings. The summed E-state index contributed by atoms with van der Waals surface area (Å²) in [4.78, 5) is 3.76. The number of nitrogens with zero attached hydrogens (tertiary/aromatic N) is 1. The number of halogens is 3. The van der Waals surface area contributed by atoms with Crippen LogP contribution in [0.3, 0.4) is 0 Å². The molecular formula is C11H8F3NO. The van der Waals surface area contributed by atoms with E-state index in [2.05, 4.69) is 4.98 Å². The molecule has 1 heterocycles. The topological polar surface area (TPSA) is 22.1 Å². The lowest BCUT2D eigenvalue weighted by Gasteiger charge is -2.09. The summed E-state index contributed by atoms with van der Waals surface area (Å²) in [7, 11) is 1.41. The Morgan fingerprint density at radius 1 is 1.25 bits per heavy atom. The van der Waals surface area contributed by atoms with Crippen LogP contribution in [0.15, 0.2) is 30.5 Å². The van der Waals surface area contributed by atoms with Crippen molar-refractivity contribution in [3.63, 3.8) is 0 Å². The van der Waals surface area contributed by atoms with Gasteiger partial charge in [-0.25, -0.2) is 0 Å². The molecule has 0 atom stereocenters. The molecule has 16 heavy (non-hydrogen) atoms. The number of hydrogen-bond acceptors (Lipinski definition) is 2. The summed E-state index contributed by atoms with van der Waals surface area (Å²) in [6, 6.07) is 5.96. The van der Waals surface area contributed by atoms with Gasteiger partial charge in [-0.15, -0.1) is 0 Å². The van der Waals surface area contributed by atoms with Crippen molar-refractivity contribution in [2.24, 2.45) is 0 Å². The van der Waals surface area contributed by atoms with Crippen LogP contribution in [0.2, 0.25) is 0 Å². The molecule has 84 valence electrons. The first-order valence-electron chi connectivity index (χ1n) is 4.52. The molecule has 0 saturated carbocycles. The molecule has 0 bridgehead atoms. The van der Waals surface area contributed by atoms with Gasteiger partial charge >= 0.3 is 6.18 Å². The minimum atomic E-state index is -4.39. The molecule has 0 unspecified atom stereocenters. The van der Waals surface area contributed by atoms with Gasteiger partial charge in [0, 0.05) is 11.6 Å². The zero-order chi connectivity index (χ0) is 11.8. The average molecular weight is 227 g/mol. The number of ether oxygens (including phenoxy) is 1. The first-order valence-corrected chi connectivity index (χ1v) is 4.52. The summed E-state index contributed by atoms with van der Waals surface area (Å²) >= 11 is 0. The maximum atomic E-state index is 12.5. The molecule has 0 radical (unpaired) electrons. The second-order valence-electron chi connectivity index (χ2n) is 3.25. The Hall–Kier alpha value is -1.78. The molecule has 0 spiro atoms. The number of alkyl halides is 3. The molecule has 5 heteroatoms. The van der Waals surface area contributed by atoms with E-state index in [-0.39, 0.29) is 0 Å². The van der Waals surface area contributed by atoms with Crippen molar-refractivity contribution in [1.82, 2.24) is 4.98 Å². The maximum absolute atomic E-state index is 12.5. The third-order valence-electron chi connectivity index (χ3n) is 2.23. The van der Waals surface area contributed by atoms with Crippen molar-refractivity contribution >= 4 is 10.9 Å². The van der Waals surface area contributed by atoms with Crippen molar-refractivity contribution in [2.75, 3.05) is 7.11 Å². The van der Waals surface area contributed by atoms with Crippen LogP contribution in [0.25, 0.3) is 10.9 Å². The van der Waals surface area contributed by atoms with Crippen LogP contribution in [-0.2, 0) is 6.18 Å². The largest absolute Gasteiger partial charge is 0.496 e. The number of fused-ring (bicyclic) bond motifs is 1. The Balaban J connectivity index is 2.68. The molecule has 2 nitrogen and oxygen atoms in total. The van der Waals surface area contributed by atoms with Crippen molar-refractivity contribution < 1.29 is 17.9 Å². The van der Waals surface area contributed by atoms with Crippen LogP contribution >= 0.6 is 0 Å². The van der Waals surface area contributed by atoms with Gasteiger partial charge in [0.15, 0.2) is 0 Å². The van der Waals surface area contributed by atoms with Crippen LogP contribution in [-0.4, -0.2) is 12.1 Å². The summed E-state index contributed by atoms with van der Waals surface area (Å²) in [5.41, 5.74) is -0.295. The van der Waals surface area contributed by atoms with Gasteiger partial charge in [0.1, 0.15) is 5.75 Å². The lowest BCUT2D eigenvalue weighted by Crippen LogP contribution is -2.05. The van der Waals surface area contributed by atoms with Crippen molar-refractivity contribution in [3.8, 4) is 5.75 Å². The minimum absolute atomic E-state index is 0.361. The molecule has 0 aliphatic carbocycles. The van der Waals surface area contributed by atoms with E-state index in [1.54, 1.807) is 18.2 Å². The molecule has 0 aliphatic heterocycles. The molecule has 0 saturated heterocycles. The Labute approximate surface area is 89.7 Å². The van der Waals surface area contributed by atoms with Gasteiger partial charge in [0.2, 0.25) is 0 Å². The van der Waals surface area contributed by atoms with Crippen molar-refractivity contribution in [3.05, 3.63) is 36.0 Å². The lowest BCUT2D eigenvalue weighted by molar-refractivity contribution is -0.137. The number of benzene rings is 1. The third-order valence-corrected chi connectivity index (χ3v) is 2.23. The highest BCUT2D eigenvalue weighted by Gasteiger charge is 2.31. The molecule has 0 amide bonds. The van der Waals surface area contributed by atoms with Gasteiger partial charge in [-0.3, -0.25) is 4.98 Å². The van der Waals surface area contributed by atoms with Gasteiger partial charge in [0.05, 0.1) is 18.2 Å². The first kappa shape index (κ1) is 10.7. The average Bonchev–Trinajstić information content (AvgIpc) is 2.26. The standard InChI is InChI=1S/C11H8F3NO/c1-16-10-4-2-3-9-8(10)5-7(6-15-9)11(12,13)14/h2-6H,1H3. The summed E-state index contributed by atoms with van der Waals surface area (Å²) in [6.07, 6.45) is -3.57. The highest BCUT2D eigenvalue weighted by molar-refractivity contribution is 5.85. The van der Waals surface area contributed by atoms with E-state index < -0.39 is 11.7 Å². The van der Waals surface area contributed by atoms with E-state index in [1.807, 2.05) is 0 Å². The molecule has 1 aromatic heterocycles. The SMILES string of the molecule is COc1cccc2ncc(C(F)(F)F)cc12. The predicted molar refractivity (Wildman–Crippen MR) is 53.3 cm³/mol.